The van der Waals surface area contributed by atoms with E-state index in [9.17, 15) is 4.79 Å². The third-order valence-electron chi connectivity index (χ3n) is 2.39. The topological polar surface area (TPSA) is 29.1 Å². The first-order chi connectivity index (χ1) is 9.16. The largest absolute Gasteiger partial charge is 0.340 e. The highest BCUT2D eigenvalue weighted by molar-refractivity contribution is 7.12. The molecular formula is C15H12ClNOS. The first-order valence-electron chi connectivity index (χ1n) is 5.73. The van der Waals surface area contributed by atoms with Gasteiger partial charge in [-0.3, -0.25) is 4.79 Å². The fourth-order valence-electron chi connectivity index (χ4n) is 1.46. The molecule has 1 heterocycles. The van der Waals surface area contributed by atoms with Crippen LogP contribution in [0.1, 0.15) is 20.8 Å². The molecule has 0 bridgehead atoms. The van der Waals surface area contributed by atoms with Crippen LogP contribution in [0.2, 0.25) is 5.02 Å². The Morgan fingerprint density at radius 3 is 2.89 bits per heavy atom. The van der Waals surface area contributed by atoms with Gasteiger partial charge in [0.2, 0.25) is 0 Å². The van der Waals surface area contributed by atoms with Crippen LogP contribution in [0.4, 0.5) is 0 Å². The zero-order valence-corrected chi connectivity index (χ0v) is 11.9. The van der Waals surface area contributed by atoms with Crippen LogP contribution in [0.25, 0.3) is 0 Å². The van der Waals surface area contributed by atoms with Crippen molar-refractivity contribution in [3.63, 3.8) is 0 Å². The van der Waals surface area contributed by atoms with Crippen molar-refractivity contribution in [2.75, 3.05) is 6.54 Å². The van der Waals surface area contributed by atoms with Gasteiger partial charge in [-0.2, -0.15) is 0 Å². The molecule has 2 aromatic rings. The lowest BCUT2D eigenvalue weighted by Crippen LogP contribution is -2.22. The number of carbonyl (C=O) groups excluding carboxylic acids is 1. The maximum absolute atomic E-state index is 11.7. The molecule has 0 saturated carbocycles. The highest BCUT2D eigenvalue weighted by Crippen LogP contribution is 2.13. The number of carbonyl (C=O) groups is 1. The molecule has 0 radical (unpaired) electrons. The first kappa shape index (κ1) is 13.7. The Bertz CT molecular complexity index is 651. The van der Waals surface area contributed by atoms with Gasteiger partial charge in [0.05, 0.1) is 16.4 Å². The lowest BCUT2D eigenvalue weighted by Gasteiger charge is -1.97. The van der Waals surface area contributed by atoms with E-state index in [1.54, 1.807) is 6.07 Å². The van der Waals surface area contributed by atoms with E-state index in [1.165, 1.54) is 11.3 Å². The van der Waals surface area contributed by atoms with Crippen LogP contribution < -0.4 is 5.32 Å². The average Bonchev–Trinajstić information content (AvgIpc) is 2.83. The Hall–Kier alpha value is -1.76. The van der Waals surface area contributed by atoms with Gasteiger partial charge in [0.15, 0.2) is 0 Å². The van der Waals surface area contributed by atoms with E-state index in [0.29, 0.717) is 16.4 Å². The van der Waals surface area contributed by atoms with Crippen LogP contribution in [-0.2, 0) is 0 Å². The number of amides is 1. The predicted octanol–water partition coefficient (Wildman–Crippen LogP) is 3.49. The molecule has 2 rings (SSSR count). The van der Waals surface area contributed by atoms with E-state index >= 15 is 0 Å². The Balaban J connectivity index is 1.91. The Labute approximate surface area is 121 Å². The normalized spacial score (nSPS) is 9.58. The summed E-state index contributed by atoms with van der Waals surface area (Å²) in [7, 11) is 0. The molecule has 0 aliphatic carbocycles. The van der Waals surface area contributed by atoms with E-state index in [-0.39, 0.29) is 5.91 Å². The smallest absolute Gasteiger partial charge is 0.262 e. The van der Waals surface area contributed by atoms with Crippen LogP contribution in [0.5, 0.6) is 0 Å². The lowest BCUT2D eigenvalue weighted by atomic mass is 10.2. The van der Waals surface area contributed by atoms with E-state index in [2.05, 4.69) is 17.2 Å². The second kappa shape index (κ2) is 6.42. The van der Waals surface area contributed by atoms with Crippen molar-refractivity contribution in [1.82, 2.24) is 5.32 Å². The molecule has 96 valence electrons. The maximum Gasteiger partial charge on any atom is 0.262 e. The molecule has 0 saturated heterocycles. The van der Waals surface area contributed by atoms with Gasteiger partial charge in [-0.25, -0.2) is 0 Å². The molecule has 0 atom stereocenters. The summed E-state index contributed by atoms with van der Waals surface area (Å²) >= 11 is 7.41. The third kappa shape index (κ3) is 3.85. The molecule has 0 aliphatic heterocycles. The Kier molecular flexibility index (Phi) is 4.62. The standard InChI is InChI=1S/C15H12ClNOS/c1-11-9-14(19-10-11)15(18)17-8-4-6-12-5-2-3-7-13(12)16/h2-3,5,7,9-10H,8H2,1H3,(H,17,18). The van der Waals surface area contributed by atoms with Crippen molar-refractivity contribution in [2.24, 2.45) is 0 Å². The summed E-state index contributed by atoms with van der Waals surface area (Å²) < 4.78 is 0. The molecule has 1 amide bonds. The van der Waals surface area contributed by atoms with Crippen molar-refractivity contribution in [3.8, 4) is 11.8 Å². The van der Waals surface area contributed by atoms with Crippen molar-refractivity contribution in [3.05, 3.63) is 56.7 Å². The number of hydrogen-bond donors (Lipinski definition) is 1. The molecule has 19 heavy (non-hydrogen) atoms. The van der Waals surface area contributed by atoms with Crippen molar-refractivity contribution < 1.29 is 4.79 Å². The minimum Gasteiger partial charge on any atom is -0.340 e. The van der Waals surface area contributed by atoms with Gasteiger partial charge in [-0.15, -0.1) is 11.3 Å². The fraction of sp³-hybridized carbons (Fsp3) is 0.133. The SMILES string of the molecule is Cc1csc(C(=O)NCC#Cc2ccccc2Cl)c1. The summed E-state index contributed by atoms with van der Waals surface area (Å²) in [4.78, 5) is 12.4. The average molecular weight is 290 g/mol. The zero-order chi connectivity index (χ0) is 13.7. The second-order valence-corrected chi connectivity index (χ2v) is 5.27. The van der Waals surface area contributed by atoms with Gasteiger partial charge in [0.25, 0.3) is 5.91 Å². The van der Waals surface area contributed by atoms with Gasteiger partial charge >= 0.3 is 0 Å². The Morgan fingerprint density at radius 2 is 2.21 bits per heavy atom. The number of thiophene rings is 1. The molecular weight excluding hydrogens is 278 g/mol. The van der Waals surface area contributed by atoms with Gasteiger partial charge in [0.1, 0.15) is 0 Å². The highest BCUT2D eigenvalue weighted by atomic mass is 35.5. The summed E-state index contributed by atoms with van der Waals surface area (Å²) in [5.41, 5.74) is 1.86. The van der Waals surface area contributed by atoms with E-state index in [1.807, 2.05) is 36.6 Å². The monoisotopic (exact) mass is 289 g/mol. The fourth-order valence-corrected chi connectivity index (χ4v) is 2.46. The van der Waals surface area contributed by atoms with E-state index in [0.717, 1.165) is 11.1 Å². The first-order valence-corrected chi connectivity index (χ1v) is 6.99. The quantitative estimate of drug-likeness (QED) is 0.843. The Morgan fingerprint density at radius 1 is 1.42 bits per heavy atom. The van der Waals surface area contributed by atoms with Crippen molar-refractivity contribution >= 4 is 28.8 Å². The summed E-state index contributed by atoms with van der Waals surface area (Å²) in [5.74, 6) is 5.73. The number of nitrogens with one attached hydrogen (secondary N) is 1. The van der Waals surface area contributed by atoms with Crippen LogP contribution >= 0.6 is 22.9 Å². The number of hydrogen-bond acceptors (Lipinski definition) is 2. The van der Waals surface area contributed by atoms with Crippen LogP contribution in [0, 0.1) is 18.8 Å². The minimum atomic E-state index is -0.0911. The molecule has 0 unspecified atom stereocenters. The van der Waals surface area contributed by atoms with Crippen molar-refractivity contribution in [1.29, 1.82) is 0 Å². The molecule has 1 aromatic carbocycles. The van der Waals surface area contributed by atoms with Crippen LogP contribution in [0.3, 0.4) is 0 Å². The summed E-state index contributed by atoms with van der Waals surface area (Å²) in [6, 6.07) is 9.23. The molecule has 1 N–H and O–H groups in total. The summed E-state index contributed by atoms with van der Waals surface area (Å²) in [6.45, 7) is 2.27. The third-order valence-corrected chi connectivity index (χ3v) is 3.76. The van der Waals surface area contributed by atoms with Gasteiger partial charge in [-0.1, -0.05) is 35.6 Å². The minimum absolute atomic E-state index is 0.0911. The zero-order valence-electron chi connectivity index (χ0n) is 10.4. The number of rotatable bonds is 2. The maximum atomic E-state index is 11.7. The second-order valence-electron chi connectivity index (χ2n) is 3.95. The molecule has 2 nitrogen and oxygen atoms in total. The lowest BCUT2D eigenvalue weighted by molar-refractivity contribution is 0.0962. The summed E-state index contributed by atoms with van der Waals surface area (Å²) in [5, 5.41) is 5.33. The molecule has 0 aliphatic rings. The van der Waals surface area contributed by atoms with E-state index < -0.39 is 0 Å². The highest BCUT2D eigenvalue weighted by Gasteiger charge is 2.05. The van der Waals surface area contributed by atoms with Crippen molar-refractivity contribution in [2.45, 2.75) is 6.92 Å². The van der Waals surface area contributed by atoms with Gasteiger partial charge < -0.3 is 5.32 Å². The number of aryl methyl sites for hydroxylation is 1. The summed E-state index contributed by atoms with van der Waals surface area (Å²) in [6.07, 6.45) is 0. The molecule has 0 fully saturated rings. The molecule has 0 spiro atoms. The molecule has 4 heteroatoms. The van der Waals surface area contributed by atoms with Gasteiger partial charge in [0, 0.05) is 5.56 Å². The number of benzene rings is 1. The predicted molar refractivity (Wildman–Crippen MR) is 79.7 cm³/mol. The van der Waals surface area contributed by atoms with Gasteiger partial charge in [-0.05, 0) is 36.1 Å². The van der Waals surface area contributed by atoms with Crippen LogP contribution in [-0.4, -0.2) is 12.5 Å². The number of halogens is 1. The van der Waals surface area contributed by atoms with E-state index in [4.69, 9.17) is 11.6 Å². The van der Waals surface area contributed by atoms with Crippen LogP contribution in [0.15, 0.2) is 35.7 Å². The molecule has 1 aromatic heterocycles.